The number of benzene rings is 1. The summed E-state index contributed by atoms with van der Waals surface area (Å²) in [7, 11) is 1.38. The number of amides is 2. The summed E-state index contributed by atoms with van der Waals surface area (Å²) in [6.07, 6.45) is 9.51. The van der Waals surface area contributed by atoms with Gasteiger partial charge in [-0.05, 0) is 56.0 Å². The van der Waals surface area contributed by atoms with E-state index in [9.17, 15) is 14.4 Å². The van der Waals surface area contributed by atoms with Crippen molar-refractivity contribution in [3.05, 3.63) is 87.5 Å². The molecule has 16 heteroatoms. The first-order chi connectivity index (χ1) is 24.2. The van der Waals surface area contributed by atoms with Crippen molar-refractivity contribution in [1.82, 2.24) is 44.2 Å². The third kappa shape index (κ3) is 6.72. The number of carbonyl (C=O) groups is 2. The first-order valence-electron chi connectivity index (χ1n) is 16.3. The maximum Gasteiger partial charge on any atom is 0.409 e. The number of halogens is 2. The maximum atomic E-state index is 13.9. The van der Waals surface area contributed by atoms with E-state index in [0.29, 0.717) is 84.2 Å². The Morgan fingerprint density at radius 1 is 1.00 bits per heavy atom. The van der Waals surface area contributed by atoms with E-state index < -0.39 is 6.04 Å². The molecule has 1 N–H and O–H groups in total. The van der Waals surface area contributed by atoms with Crippen LogP contribution >= 0.6 is 23.2 Å². The summed E-state index contributed by atoms with van der Waals surface area (Å²) >= 11 is 12.4. The number of hydrogen-bond acceptors (Lipinski definition) is 9. The number of fused-ring (bicyclic) bond motifs is 4. The molecule has 2 bridgehead atoms. The summed E-state index contributed by atoms with van der Waals surface area (Å²) in [5, 5.41) is 16.7. The lowest BCUT2D eigenvalue weighted by Gasteiger charge is -2.30. The van der Waals surface area contributed by atoms with Crippen molar-refractivity contribution in [2.75, 3.05) is 25.5 Å². The van der Waals surface area contributed by atoms with Gasteiger partial charge < -0.3 is 15.0 Å². The molecule has 2 aliphatic rings. The van der Waals surface area contributed by atoms with Gasteiger partial charge in [-0.15, -0.1) is 5.10 Å². The van der Waals surface area contributed by atoms with Crippen LogP contribution in [-0.2, 0) is 9.53 Å². The molecule has 50 heavy (non-hydrogen) atoms. The lowest BCUT2D eigenvalue weighted by Crippen LogP contribution is -2.39. The zero-order chi connectivity index (χ0) is 34.9. The predicted molar refractivity (Wildman–Crippen MR) is 186 cm³/mol. The lowest BCUT2D eigenvalue weighted by atomic mass is 9.97. The van der Waals surface area contributed by atoms with E-state index in [1.807, 2.05) is 29.9 Å². The van der Waals surface area contributed by atoms with Crippen LogP contribution in [-0.4, -0.2) is 76.4 Å². The summed E-state index contributed by atoms with van der Waals surface area (Å²) in [6, 6.07) is 9.99. The Hall–Kier alpha value is -5.08. The number of nitrogens with one attached hydrogen (secondary N) is 1. The number of ether oxygens (including phenoxy) is 1. The van der Waals surface area contributed by atoms with Gasteiger partial charge in [0.2, 0.25) is 5.91 Å². The van der Waals surface area contributed by atoms with Gasteiger partial charge in [0.15, 0.2) is 5.15 Å². The van der Waals surface area contributed by atoms with Gasteiger partial charge in [0.1, 0.15) is 5.69 Å². The van der Waals surface area contributed by atoms with Crippen molar-refractivity contribution in [1.29, 1.82) is 0 Å². The molecule has 2 aliphatic heterocycles. The maximum absolute atomic E-state index is 13.9. The van der Waals surface area contributed by atoms with E-state index in [2.05, 4.69) is 15.6 Å². The molecule has 1 saturated heterocycles. The van der Waals surface area contributed by atoms with Gasteiger partial charge in [-0.25, -0.2) is 14.5 Å². The van der Waals surface area contributed by atoms with Crippen LogP contribution in [0.5, 0.6) is 0 Å². The Kier molecular flexibility index (Phi) is 9.38. The molecule has 0 unspecified atom stereocenters. The van der Waals surface area contributed by atoms with Crippen molar-refractivity contribution in [3.8, 4) is 28.2 Å². The summed E-state index contributed by atoms with van der Waals surface area (Å²) in [5.74, 6) is -0.392. The molecule has 1 aromatic carbocycles. The van der Waals surface area contributed by atoms with Gasteiger partial charge in [0.25, 0.3) is 5.56 Å². The minimum Gasteiger partial charge on any atom is -0.453 e. The lowest BCUT2D eigenvalue weighted by molar-refractivity contribution is -0.119. The zero-order valence-electron chi connectivity index (χ0n) is 27.4. The van der Waals surface area contributed by atoms with Crippen LogP contribution in [0.1, 0.15) is 56.8 Å². The van der Waals surface area contributed by atoms with Gasteiger partial charge >= 0.3 is 6.09 Å². The quantitative estimate of drug-likeness (QED) is 0.243. The number of piperidine rings is 1. The van der Waals surface area contributed by atoms with Crippen molar-refractivity contribution in [3.63, 3.8) is 0 Å². The van der Waals surface area contributed by atoms with Crippen LogP contribution in [0.25, 0.3) is 28.2 Å². The van der Waals surface area contributed by atoms with Crippen LogP contribution in [0.2, 0.25) is 10.2 Å². The van der Waals surface area contributed by atoms with Crippen LogP contribution < -0.4 is 10.9 Å². The van der Waals surface area contributed by atoms with E-state index >= 15 is 0 Å². The van der Waals surface area contributed by atoms with Crippen molar-refractivity contribution < 1.29 is 14.3 Å². The molecule has 0 aliphatic carbocycles. The number of aromatic nitrogens is 8. The fourth-order valence-electron chi connectivity index (χ4n) is 6.60. The van der Waals surface area contributed by atoms with E-state index in [0.717, 1.165) is 5.56 Å². The van der Waals surface area contributed by atoms with Gasteiger partial charge in [-0.3, -0.25) is 23.8 Å². The highest BCUT2D eigenvalue weighted by atomic mass is 35.5. The van der Waals surface area contributed by atoms with Crippen LogP contribution in [0.4, 0.5) is 10.5 Å². The second-order valence-electron chi connectivity index (χ2n) is 12.5. The second kappa shape index (κ2) is 14.0. The number of nitrogens with zero attached hydrogens (tertiary/aromatic N) is 9. The number of carbonyl (C=O) groups excluding carboxylic acids is 2. The van der Waals surface area contributed by atoms with E-state index in [1.165, 1.54) is 24.2 Å². The standard InChI is InChI=1S/C34H34Cl2N10O4/c1-20-4-3-5-29(44-19-38-25(16-31(44)47)24-15-22(35)6-7-28(24)46-18-30(36)40-42-46)26-14-21(8-11-37-26)32-27(39-33(20)48)17-45(41-32)23-9-12-43(13-10-23)34(49)50-2/h6-8,11,14-20,23,29H,3-5,9-10,12-13H2,1-2H3,(H,39,48)/t20-,29+/m1/s1. The third-order valence-corrected chi connectivity index (χ3v) is 9.75. The van der Waals surface area contributed by atoms with E-state index in [4.69, 9.17) is 43.0 Å². The molecule has 7 rings (SSSR count). The van der Waals surface area contributed by atoms with Gasteiger partial charge in [0, 0.05) is 53.6 Å². The summed E-state index contributed by atoms with van der Waals surface area (Å²) in [6.45, 7) is 2.98. The summed E-state index contributed by atoms with van der Waals surface area (Å²) in [4.78, 5) is 50.4. The fraction of sp³-hybridized carbons (Fsp3) is 0.353. The average Bonchev–Trinajstić information content (AvgIpc) is 3.76. The zero-order valence-corrected chi connectivity index (χ0v) is 28.9. The number of rotatable bonds is 4. The largest absolute Gasteiger partial charge is 0.453 e. The number of anilines is 1. The molecule has 0 saturated carbocycles. The highest BCUT2D eigenvalue weighted by Gasteiger charge is 2.28. The molecule has 0 radical (unpaired) electrons. The molecule has 2 amide bonds. The molecule has 1 fully saturated rings. The molecule has 0 spiro atoms. The Balaban J connectivity index is 1.24. The minimum absolute atomic E-state index is 0.0344. The highest BCUT2D eigenvalue weighted by Crippen LogP contribution is 2.35. The first-order valence-corrected chi connectivity index (χ1v) is 17.1. The second-order valence-corrected chi connectivity index (χ2v) is 13.4. The van der Waals surface area contributed by atoms with E-state index in [-0.39, 0.29) is 34.7 Å². The Labute approximate surface area is 297 Å². The van der Waals surface area contributed by atoms with Gasteiger partial charge in [0.05, 0.1) is 54.5 Å². The summed E-state index contributed by atoms with van der Waals surface area (Å²) < 4.78 is 9.85. The van der Waals surface area contributed by atoms with Crippen LogP contribution in [0, 0.1) is 5.92 Å². The Bertz CT molecular complexity index is 2120. The third-order valence-electron chi connectivity index (χ3n) is 9.34. The molecule has 6 heterocycles. The normalized spacial score (nSPS) is 18.5. The number of hydrogen-bond donors (Lipinski definition) is 1. The van der Waals surface area contributed by atoms with Crippen molar-refractivity contribution in [2.24, 2.45) is 5.92 Å². The highest BCUT2D eigenvalue weighted by molar-refractivity contribution is 6.31. The first kappa shape index (κ1) is 33.4. The summed E-state index contributed by atoms with van der Waals surface area (Å²) in [5.41, 5.74) is 3.94. The van der Waals surface area contributed by atoms with Crippen molar-refractivity contribution >= 4 is 40.9 Å². The number of pyridine rings is 1. The van der Waals surface area contributed by atoms with Gasteiger partial charge in [-0.1, -0.05) is 41.8 Å². The fourth-order valence-corrected chi connectivity index (χ4v) is 6.90. The van der Waals surface area contributed by atoms with Gasteiger partial charge in [-0.2, -0.15) is 5.10 Å². The van der Waals surface area contributed by atoms with E-state index in [1.54, 1.807) is 40.1 Å². The van der Waals surface area contributed by atoms with Crippen molar-refractivity contribution in [2.45, 2.75) is 51.1 Å². The molecule has 258 valence electrons. The molecule has 5 aromatic rings. The SMILES string of the molecule is COC(=O)N1CCC(n2cc3c(n2)-c2ccnc(c2)[C@@H](n2cnc(-c4cc(Cl)ccc4-n4cc(Cl)nn4)cc2=O)CCC[C@@H](C)C(=O)N3)CC1. The molecule has 2 atom stereocenters. The van der Waals surface area contributed by atoms with Crippen LogP contribution in [0.3, 0.4) is 0 Å². The Morgan fingerprint density at radius 3 is 2.56 bits per heavy atom. The molecule has 14 nitrogen and oxygen atoms in total. The molecular weight excluding hydrogens is 683 g/mol. The molecule has 4 aromatic heterocycles. The van der Waals surface area contributed by atoms with Crippen LogP contribution in [0.15, 0.2) is 66.1 Å². The average molecular weight is 718 g/mol. The number of likely N-dealkylation sites (tertiary alicyclic amines) is 1. The minimum atomic E-state index is -0.458. The Morgan fingerprint density at radius 2 is 1.82 bits per heavy atom. The predicted octanol–water partition coefficient (Wildman–Crippen LogP) is 5.81. The monoisotopic (exact) mass is 716 g/mol. The smallest absolute Gasteiger partial charge is 0.409 e. The molecular formula is C34H34Cl2N10O4. The topological polar surface area (TPSA) is 155 Å². The number of methoxy groups -OCH3 is 1.